The van der Waals surface area contributed by atoms with Crippen molar-refractivity contribution in [3.05, 3.63) is 136 Å². The number of methoxy groups -OCH3 is 1. The molecule has 1 N–H and O–H groups in total. The maximum atomic E-state index is 12.5. The van der Waals surface area contributed by atoms with Crippen LogP contribution < -0.4 is 4.90 Å². The molecule has 7 rings (SSSR count). The summed E-state index contributed by atoms with van der Waals surface area (Å²) in [5.41, 5.74) is 7.81. The van der Waals surface area contributed by atoms with E-state index < -0.39 is 39.4 Å². The highest BCUT2D eigenvalue weighted by Gasteiger charge is 2.41. The predicted octanol–water partition coefficient (Wildman–Crippen LogP) is 7.94. The van der Waals surface area contributed by atoms with Gasteiger partial charge in [0, 0.05) is 78.7 Å². The summed E-state index contributed by atoms with van der Waals surface area (Å²) in [5, 5.41) is 0.566. The van der Waals surface area contributed by atoms with Gasteiger partial charge in [-0.1, -0.05) is 68.8 Å². The summed E-state index contributed by atoms with van der Waals surface area (Å²) in [6.45, 7) is 15.4. The molecule has 1 aliphatic carbocycles. The van der Waals surface area contributed by atoms with E-state index in [1.807, 2.05) is 50.3 Å². The zero-order valence-electron chi connectivity index (χ0n) is 40.5. The van der Waals surface area contributed by atoms with Crippen molar-refractivity contribution in [1.29, 1.82) is 0 Å². The Balaban J connectivity index is 1.12. The first-order valence-electron chi connectivity index (χ1n) is 23.7. The van der Waals surface area contributed by atoms with Gasteiger partial charge < -0.3 is 38.3 Å². The molecule has 370 valence electrons. The van der Waals surface area contributed by atoms with Crippen LogP contribution in [0.15, 0.2) is 130 Å². The number of anilines is 1. The maximum Gasteiger partial charge on any atom is 0.333 e. The van der Waals surface area contributed by atoms with Gasteiger partial charge in [-0.05, 0) is 92.8 Å². The number of imide groups is 1. The number of fused-ring (bicyclic) bond motifs is 3. The number of hydrogen-bond donors (Lipinski definition) is 1. The number of nitrogens with zero attached hydrogens (tertiary/aromatic N) is 3. The molecule has 2 aromatic rings. The summed E-state index contributed by atoms with van der Waals surface area (Å²) >= 11 is 0. The number of hydroxylamine groups is 2. The highest BCUT2D eigenvalue weighted by atomic mass is 32.2. The molecule has 2 aromatic carbocycles. The Hall–Kier alpha value is -5.62. The third kappa shape index (κ3) is 12.2. The molecule has 4 heterocycles. The molecule has 16 heteroatoms. The largest absolute Gasteiger partial charge is 0.481 e. The zero-order chi connectivity index (χ0) is 49.3. The van der Waals surface area contributed by atoms with Crippen LogP contribution in [0.2, 0.25) is 0 Å². The highest BCUT2D eigenvalue weighted by Crippen LogP contribution is 2.49. The summed E-state index contributed by atoms with van der Waals surface area (Å²) in [4.78, 5) is 45.7. The van der Waals surface area contributed by atoms with Crippen molar-refractivity contribution < 1.29 is 55.9 Å². The second kappa shape index (κ2) is 22.4. The number of carbonyl (C=O) groups excluding carboxylic acids is 3. The van der Waals surface area contributed by atoms with Crippen LogP contribution >= 0.6 is 0 Å². The first-order valence-corrected chi connectivity index (χ1v) is 25.1. The van der Waals surface area contributed by atoms with Crippen LogP contribution in [0.1, 0.15) is 84.3 Å². The zero-order valence-corrected chi connectivity index (χ0v) is 41.3. The van der Waals surface area contributed by atoms with Gasteiger partial charge in [-0.15, -0.1) is 5.06 Å². The van der Waals surface area contributed by atoms with Gasteiger partial charge in [-0.3, -0.25) is 14.1 Å². The van der Waals surface area contributed by atoms with Gasteiger partial charge in [0.1, 0.15) is 11.9 Å². The van der Waals surface area contributed by atoms with Gasteiger partial charge in [0.25, 0.3) is 21.9 Å². The van der Waals surface area contributed by atoms with E-state index in [-0.39, 0.29) is 29.7 Å². The summed E-state index contributed by atoms with van der Waals surface area (Å²) in [6, 6.07) is 14.7. The van der Waals surface area contributed by atoms with Crippen LogP contribution in [-0.4, -0.2) is 119 Å². The van der Waals surface area contributed by atoms with Crippen LogP contribution in [0.25, 0.3) is 5.76 Å². The topological polar surface area (TPSA) is 171 Å². The van der Waals surface area contributed by atoms with Gasteiger partial charge in [0.05, 0.1) is 56.7 Å². The standard InChI is InChI=1S/C53H65N3O12S/c1-37-36-52(2,3)55(24-25-64-28-29-66-31-30-65-27-26-63-6)45-35-47-42(34-41(37)45)39(32-46(67-47)38-14-9-7-10-15-38)16-13-17-48-53(4,5)43-33-40(69(60,61)62)19-20-44(43)54(48)23-12-8-11-18-51(59)68-56-49(57)21-22-50(56)58/h7,9-10,13-17,19-20,32-36,47H,8,11-12,18,21-31H2,1-6H3,(H,60,61,62)/b16-13+,48-17-. The Kier molecular flexibility index (Phi) is 16.6. The Bertz CT molecular complexity index is 2570. The first-order chi connectivity index (χ1) is 33.0. The van der Waals surface area contributed by atoms with Gasteiger partial charge >= 0.3 is 5.97 Å². The predicted molar refractivity (Wildman–Crippen MR) is 261 cm³/mol. The van der Waals surface area contributed by atoms with Crippen molar-refractivity contribution in [1.82, 2.24) is 9.96 Å². The van der Waals surface area contributed by atoms with E-state index in [1.54, 1.807) is 13.2 Å². The number of hydrogen-bond acceptors (Lipinski definition) is 13. The highest BCUT2D eigenvalue weighted by molar-refractivity contribution is 7.85. The molecular formula is C53H65N3O12S. The van der Waals surface area contributed by atoms with Crippen LogP contribution in [-0.2, 0) is 58.4 Å². The van der Waals surface area contributed by atoms with E-state index >= 15 is 0 Å². The number of benzene rings is 2. The molecular weight excluding hydrogens is 903 g/mol. The minimum atomic E-state index is -4.46. The van der Waals surface area contributed by atoms with Crippen molar-refractivity contribution >= 4 is 39.3 Å². The van der Waals surface area contributed by atoms with Crippen LogP contribution in [0.5, 0.6) is 0 Å². The third-order valence-electron chi connectivity index (χ3n) is 12.9. The molecule has 1 atom stereocenters. The van der Waals surface area contributed by atoms with Crippen molar-refractivity contribution in [3.63, 3.8) is 0 Å². The fraction of sp³-hybridized carbons (Fsp3) is 0.453. The average molecular weight is 968 g/mol. The second-order valence-electron chi connectivity index (χ2n) is 18.6. The molecule has 4 aliphatic heterocycles. The number of amides is 2. The van der Waals surface area contributed by atoms with E-state index in [9.17, 15) is 27.4 Å². The summed E-state index contributed by atoms with van der Waals surface area (Å²) < 4.78 is 63.7. The molecule has 0 radical (unpaired) electrons. The summed E-state index contributed by atoms with van der Waals surface area (Å²) in [6.07, 6.45) is 16.5. The number of rotatable bonds is 23. The second-order valence-corrected chi connectivity index (χ2v) is 20.0. The summed E-state index contributed by atoms with van der Waals surface area (Å²) in [5.74, 6) is -0.933. The van der Waals surface area contributed by atoms with Gasteiger partial charge in [0.15, 0.2) is 0 Å². The van der Waals surface area contributed by atoms with Crippen LogP contribution in [0.3, 0.4) is 0 Å². The first kappa shape index (κ1) is 51.2. The Morgan fingerprint density at radius 3 is 2.23 bits per heavy atom. The number of ether oxygens (including phenoxy) is 5. The smallest absolute Gasteiger partial charge is 0.333 e. The molecule has 0 spiro atoms. The van der Waals surface area contributed by atoms with Gasteiger partial charge in [-0.25, -0.2) is 4.79 Å². The SMILES string of the molecule is COCCOCCOCCOCCN1C2=CC3OC(c4ccccc4)=CC(/C=C/C=C4\N(CCCCCC(=O)ON5C(=O)CCC5=O)c5ccc(S(=O)(=O)O)cc5C4(C)C)=C3C=C2C(C)=CC1(C)C. The van der Waals surface area contributed by atoms with E-state index in [0.717, 1.165) is 56.3 Å². The fourth-order valence-corrected chi connectivity index (χ4v) is 9.90. The van der Waals surface area contributed by atoms with Crippen molar-refractivity contribution in [2.75, 3.05) is 71.3 Å². The molecule has 5 aliphatic rings. The molecule has 1 fully saturated rings. The molecule has 1 unspecified atom stereocenters. The molecule has 0 saturated carbocycles. The van der Waals surface area contributed by atoms with E-state index in [0.29, 0.717) is 83.7 Å². The maximum absolute atomic E-state index is 12.5. The molecule has 2 amide bonds. The number of unbranched alkanes of at least 4 members (excludes halogenated alkanes) is 2. The molecule has 15 nitrogen and oxygen atoms in total. The summed E-state index contributed by atoms with van der Waals surface area (Å²) in [7, 11) is -2.82. The van der Waals surface area contributed by atoms with Crippen LogP contribution in [0.4, 0.5) is 5.69 Å². The minimum absolute atomic E-state index is 0.0315. The lowest BCUT2D eigenvalue weighted by Gasteiger charge is -2.47. The van der Waals surface area contributed by atoms with E-state index in [1.165, 1.54) is 12.1 Å². The van der Waals surface area contributed by atoms with E-state index in [2.05, 4.69) is 67.0 Å². The van der Waals surface area contributed by atoms with E-state index in [4.69, 9.17) is 28.5 Å². The number of carbonyl (C=O) groups is 3. The lowest BCUT2D eigenvalue weighted by molar-refractivity contribution is -0.197. The molecule has 69 heavy (non-hydrogen) atoms. The Morgan fingerprint density at radius 2 is 1.55 bits per heavy atom. The Morgan fingerprint density at radius 1 is 0.870 bits per heavy atom. The lowest BCUT2D eigenvalue weighted by atomic mass is 9.81. The van der Waals surface area contributed by atoms with Crippen molar-refractivity contribution in [2.45, 2.75) is 95.1 Å². The molecule has 1 saturated heterocycles. The van der Waals surface area contributed by atoms with Crippen molar-refractivity contribution in [2.24, 2.45) is 0 Å². The number of allylic oxidation sites excluding steroid dienone is 7. The van der Waals surface area contributed by atoms with Gasteiger partial charge in [0.2, 0.25) is 0 Å². The normalized spacial score (nSPS) is 20.1. The average Bonchev–Trinajstić information content (AvgIpc) is 3.73. The molecule has 0 bridgehead atoms. The van der Waals surface area contributed by atoms with Crippen molar-refractivity contribution in [3.8, 4) is 0 Å². The molecule has 0 aromatic heterocycles. The lowest BCUT2D eigenvalue weighted by Crippen LogP contribution is -2.47. The third-order valence-corrected chi connectivity index (χ3v) is 13.7. The monoisotopic (exact) mass is 967 g/mol. The quantitative estimate of drug-likeness (QED) is 0.0647. The Labute approximate surface area is 406 Å². The minimum Gasteiger partial charge on any atom is -0.481 e. The fourth-order valence-electron chi connectivity index (χ4n) is 9.39. The van der Waals surface area contributed by atoms with Gasteiger partial charge in [-0.2, -0.15) is 8.42 Å². The van der Waals surface area contributed by atoms with Crippen LogP contribution in [0, 0.1) is 0 Å².